The average Bonchev–Trinajstić information content (AvgIpc) is 2.65. The summed E-state index contributed by atoms with van der Waals surface area (Å²) in [7, 11) is 0. The Hall–Kier alpha value is -1.39. The van der Waals surface area contributed by atoms with E-state index in [1.54, 1.807) is 6.92 Å². The van der Waals surface area contributed by atoms with Gasteiger partial charge in [0.25, 0.3) is 0 Å². The highest BCUT2D eigenvalue weighted by atomic mass is 16.5. The first-order chi connectivity index (χ1) is 12.2. The monoisotopic (exact) mass is 342 g/mol. The number of fused-ring (bicyclic) bond motifs is 2. The molecule has 2 saturated heterocycles. The van der Waals surface area contributed by atoms with Gasteiger partial charge in [-0.2, -0.15) is 0 Å². The molecule has 1 aromatic rings. The van der Waals surface area contributed by atoms with Crippen molar-refractivity contribution >= 4 is 5.91 Å². The maximum Gasteiger partial charge on any atom is 0.220 e. The summed E-state index contributed by atoms with van der Waals surface area (Å²) in [5.41, 5.74) is 2.77. The maximum atomic E-state index is 12.4. The Labute approximate surface area is 151 Å². The van der Waals surface area contributed by atoms with Crippen molar-refractivity contribution in [2.75, 3.05) is 39.4 Å². The van der Waals surface area contributed by atoms with Crippen LogP contribution in [0.4, 0.5) is 0 Å². The molecule has 25 heavy (non-hydrogen) atoms. The summed E-state index contributed by atoms with van der Waals surface area (Å²) in [6.45, 7) is 7.84. The first-order valence-corrected chi connectivity index (χ1v) is 9.86. The lowest BCUT2D eigenvalue weighted by Gasteiger charge is -2.52. The van der Waals surface area contributed by atoms with Crippen molar-refractivity contribution in [2.45, 2.75) is 44.6 Å². The molecular weight excluding hydrogens is 312 g/mol. The molecule has 1 amide bonds. The third kappa shape index (κ3) is 3.22. The van der Waals surface area contributed by atoms with E-state index in [0.717, 1.165) is 58.0 Å². The van der Waals surface area contributed by atoms with E-state index in [-0.39, 0.29) is 11.4 Å². The van der Waals surface area contributed by atoms with Gasteiger partial charge < -0.3 is 14.5 Å². The first kappa shape index (κ1) is 17.0. The lowest BCUT2D eigenvalue weighted by molar-refractivity contribution is -0.139. The number of rotatable bonds is 2. The zero-order valence-electron chi connectivity index (χ0n) is 15.4. The van der Waals surface area contributed by atoms with Crippen LogP contribution in [-0.2, 0) is 21.5 Å². The standard InChI is InChI=1S/C21H30N2O2/c1-17(24)23-11-6-19-4-2-3-5-20(19)21(23)9-12-22(13-10-21)16-18-7-14-25-15-8-18/h2-5,18H,6-16H2,1H3. The van der Waals surface area contributed by atoms with Crippen LogP contribution in [0.25, 0.3) is 0 Å². The quantitative estimate of drug-likeness (QED) is 0.828. The van der Waals surface area contributed by atoms with E-state index < -0.39 is 0 Å². The largest absolute Gasteiger partial charge is 0.381 e. The highest BCUT2D eigenvalue weighted by molar-refractivity contribution is 5.75. The van der Waals surface area contributed by atoms with Crippen molar-refractivity contribution in [1.29, 1.82) is 0 Å². The van der Waals surface area contributed by atoms with Gasteiger partial charge in [-0.1, -0.05) is 24.3 Å². The Kier molecular flexibility index (Phi) is 4.83. The Morgan fingerprint density at radius 3 is 2.60 bits per heavy atom. The van der Waals surface area contributed by atoms with Crippen molar-refractivity contribution in [3.05, 3.63) is 35.4 Å². The van der Waals surface area contributed by atoms with Gasteiger partial charge in [-0.15, -0.1) is 0 Å². The van der Waals surface area contributed by atoms with E-state index >= 15 is 0 Å². The van der Waals surface area contributed by atoms with Crippen molar-refractivity contribution in [2.24, 2.45) is 5.92 Å². The molecule has 3 aliphatic heterocycles. The molecule has 0 bridgehead atoms. The van der Waals surface area contributed by atoms with Crippen LogP contribution in [0, 0.1) is 5.92 Å². The minimum absolute atomic E-state index is 0.0765. The Morgan fingerprint density at radius 2 is 1.88 bits per heavy atom. The SMILES string of the molecule is CC(=O)N1CCc2ccccc2C12CCN(CC1CCOCC1)CC2. The van der Waals surface area contributed by atoms with Gasteiger partial charge >= 0.3 is 0 Å². The second-order valence-corrected chi connectivity index (χ2v) is 7.97. The second kappa shape index (κ2) is 7.08. The van der Waals surface area contributed by atoms with E-state index in [2.05, 4.69) is 34.1 Å². The molecule has 3 aliphatic rings. The molecular formula is C21H30N2O2. The predicted octanol–water partition coefficient (Wildman–Crippen LogP) is 2.81. The summed E-state index contributed by atoms with van der Waals surface area (Å²) in [5.74, 6) is 1.01. The fraction of sp³-hybridized carbons (Fsp3) is 0.667. The van der Waals surface area contributed by atoms with Gasteiger partial charge in [0.05, 0.1) is 5.54 Å². The molecule has 0 N–H and O–H groups in total. The molecule has 1 spiro atoms. The number of benzene rings is 1. The van der Waals surface area contributed by atoms with Gasteiger partial charge in [-0.3, -0.25) is 4.79 Å². The van der Waals surface area contributed by atoms with Crippen molar-refractivity contribution in [3.63, 3.8) is 0 Å². The molecule has 1 aromatic carbocycles. The predicted molar refractivity (Wildman–Crippen MR) is 98.4 cm³/mol. The van der Waals surface area contributed by atoms with Crippen molar-refractivity contribution in [1.82, 2.24) is 9.80 Å². The molecule has 0 atom stereocenters. The van der Waals surface area contributed by atoms with E-state index in [1.807, 2.05) is 0 Å². The molecule has 4 heteroatoms. The maximum absolute atomic E-state index is 12.4. The Morgan fingerprint density at radius 1 is 1.16 bits per heavy atom. The van der Waals surface area contributed by atoms with Gasteiger partial charge in [0.2, 0.25) is 5.91 Å². The molecule has 2 fully saturated rings. The lowest BCUT2D eigenvalue weighted by atomic mass is 9.74. The lowest BCUT2D eigenvalue weighted by Crippen LogP contribution is -2.58. The average molecular weight is 342 g/mol. The molecule has 0 saturated carbocycles. The number of amides is 1. The molecule has 4 nitrogen and oxygen atoms in total. The van der Waals surface area contributed by atoms with Crippen LogP contribution in [0.2, 0.25) is 0 Å². The normalized spacial score (nSPS) is 24.3. The summed E-state index contributed by atoms with van der Waals surface area (Å²) < 4.78 is 5.50. The Balaban J connectivity index is 1.51. The Bertz CT molecular complexity index is 616. The molecule has 136 valence electrons. The number of nitrogens with zero attached hydrogens (tertiary/aromatic N) is 2. The number of carbonyl (C=O) groups excluding carboxylic acids is 1. The van der Waals surface area contributed by atoms with Gasteiger partial charge in [-0.25, -0.2) is 0 Å². The highest BCUT2D eigenvalue weighted by Gasteiger charge is 2.45. The van der Waals surface area contributed by atoms with E-state index in [0.29, 0.717) is 0 Å². The highest BCUT2D eigenvalue weighted by Crippen LogP contribution is 2.43. The minimum Gasteiger partial charge on any atom is -0.381 e. The van der Waals surface area contributed by atoms with E-state index in [4.69, 9.17) is 4.74 Å². The second-order valence-electron chi connectivity index (χ2n) is 7.97. The van der Waals surface area contributed by atoms with Crippen molar-refractivity contribution in [3.8, 4) is 0 Å². The zero-order valence-corrected chi connectivity index (χ0v) is 15.4. The third-order valence-corrected chi connectivity index (χ3v) is 6.56. The number of hydrogen-bond acceptors (Lipinski definition) is 3. The van der Waals surface area contributed by atoms with E-state index in [9.17, 15) is 4.79 Å². The third-order valence-electron chi connectivity index (χ3n) is 6.56. The van der Waals surface area contributed by atoms with Crippen LogP contribution in [0.3, 0.4) is 0 Å². The fourth-order valence-corrected chi connectivity index (χ4v) is 5.18. The summed E-state index contributed by atoms with van der Waals surface area (Å²) in [6.07, 6.45) is 5.51. The summed E-state index contributed by atoms with van der Waals surface area (Å²) in [6, 6.07) is 8.79. The topological polar surface area (TPSA) is 32.8 Å². The number of hydrogen-bond donors (Lipinski definition) is 0. The van der Waals surface area contributed by atoms with Crippen LogP contribution in [0.5, 0.6) is 0 Å². The summed E-state index contributed by atoms with van der Waals surface area (Å²) in [4.78, 5) is 17.2. The summed E-state index contributed by atoms with van der Waals surface area (Å²) >= 11 is 0. The van der Waals surface area contributed by atoms with Crippen LogP contribution >= 0.6 is 0 Å². The zero-order chi connectivity index (χ0) is 17.3. The number of piperidine rings is 1. The van der Waals surface area contributed by atoms with Crippen LogP contribution < -0.4 is 0 Å². The number of likely N-dealkylation sites (tertiary alicyclic amines) is 1. The van der Waals surface area contributed by atoms with Gasteiger partial charge in [0, 0.05) is 46.3 Å². The molecule has 0 radical (unpaired) electrons. The van der Waals surface area contributed by atoms with Gasteiger partial charge in [-0.05, 0) is 49.1 Å². The number of ether oxygens (including phenoxy) is 1. The molecule has 4 rings (SSSR count). The summed E-state index contributed by atoms with van der Waals surface area (Å²) in [5, 5.41) is 0. The number of carbonyl (C=O) groups is 1. The van der Waals surface area contributed by atoms with Crippen molar-refractivity contribution < 1.29 is 9.53 Å². The molecule has 0 unspecified atom stereocenters. The van der Waals surface area contributed by atoms with E-state index in [1.165, 1.54) is 30.5 Å². The van der Waals surface area contributed by atoms with Crippen LogP contribution in [0.1, 0.15) is 43.7 Å². The molecule has 3 heterocycles. The smallest absolute Gasteiger partial charge is 0.220 e. The minimum atomic E-state index is -0.0765. The molecule has 0 aromatic heterocycles. The van der Waals surface area contributed by atoms with Gasteiger partial charge in [0.1, 0.15) is 0 Å². The first-order valence-electron chi connectivity index (χ1n) is 9.86. The van der Waals surface area contributed by atoms with Crippen LogP contribution in [0.15, 0.2) is 24.3 Å². The van der Waals surface area contributed by atoms with Gasteiger partial charge in [0.15, 0.2) is 0 Å². The molecule has 0 aliphatic carbocycles. The fourth-order valence-electron chi connectivity index (χ4n) is 5.18. The van der Waals surface area contributed by atoms with Crippen LogP contribution in [-0.4, -0.2) is 55.1 Å².